The summed E-state index contributed by atoms with van der Waals surface area (Å²) in [5, 5.41) is 10.3. The minimum absolute atomic E-state index is 0.117. The van der Waals surface area contributed by atoms with Gasteiger partial charge in [0.15, 0.2) is 17.4 Å². The summed E-state index contributed by atoms with van der Waals surface area (Å²) in [6.07, 6.45) is 1.34. The van der Waals surface area contributed by atoms with Gasteiger partial charge < -0.3 is 10.1 Å². The third-order valence-electron chi connectivity index (χ3n) is 2.38. The molecule has 21 heavy (non-hydrogen) atoms. The first-order valence-corrected chi connectivity index (χ1v) is 5.85. The molecule has 1 aromatic carbocycles. The molecule has 0 saturated heterocycles. The summed E-state index contributed by atoms with van der Waals surface area (Å²) in [5.74, 6) is -1.45. The quantitative estimate of drug-likeness (QED) is 0.917. The van der Waals surface area contributed by atoms with E-state index in [4.69, 9.17) is 0 Å². The largest absolute Gasteiger partial charge is 0.432 e. The molecule has 0 bridgehead atoms. The van der Waals surface area contributed by atoms with Crippen molar-refractivity contribution in [2.45, 2.75) is 20.1 Å². The molecule has 1 N–H and O–H groups in total. The number of ether oxygens (including phenoxy) is 1. The van der Waals surface area contributed by atoms with Crippen molar-refractivity contribution in [1.29, 1.82) is 0 Å². The van der Waals surface area contributed by atoms with Crippen molar-refractivity contribution in [2.24, 2.45) is 0 Å². The number of aromatic nitrogens is 3. The van der Waals surface area contributed by atoms with Crippen LogP contribution in [-0.2, 0) is 11.3 Å². The zero-order chi connectivity index (χ0) is 15.4. The standard InChI is InChI=1S/C12H11F3N4O2/c1-7(20)17-11-5-16-19(18-11)6-8-2-3-10(9(13)4-8)21-12(14)15/h2-5,12H,6H2,1H3,(H,17,18,20). The molecule has 9 heteroatoms. The first-order chi connectivity index (χ1) is 9.94. The number of nitrogens with one attached hydrogen (secondary N) is 1. The number of alkyl halides is 2. The zero-order valence-electron chi connectivity index (χ0n) is 10.9. The second-order valence-corrected chi connectivity index (χ2v) is 4.08. The maximum absolute atomic E-state index is 13.5. The second kappa shape index (κ2) is 6.25. The third kappa shape index (κ3) is 4.20. The fourth-order valence-corrected chi connectivity index (χ4v) is 1.61. The molecular formula is C12H11F3N4O2. The molecule has 112 valence electrons. The number of carbonyl (C=O) groups excluding carboxylic acids is 1. The highest BCUT2D eigenvalue weighted by Crippen LogP contribution is 2.20. The number of carbonyl (C=O) groups is 1. The molecular weight excluding hydrogens is 289 g/mol. The van der Waals surface area contributed by atoms with Crippen LogP contribution in [0.25, 0.3) is 0 Å². The van der Waals surface area contributed by atoms with Gasteiger partial charge in [0.1, 0.15) is 0 Å². The Balaban J connectivity index is 2.07. The van der Waals surface area contributed by atoms with Gasteiger partial charge in [0.2, 0.25) is 5.91 Å². The van der Waals surface area contributed by atoms with E-state index in [9.17, 15) is 18.0 Å². The molecule has 1 aromatic heterocycles. The summed E-state index contributed by atoms with van der Waals surface area (Å²) in [6.45, 7) is -1.64. The highest BCUT2D eigenvalue weighted by Gasteiger charge is 2.11. The molecule has 0 radical (unpaired) electrons. The molecule has 0 unspecified atom stereocenters. The number of anilines is 1. The molecule has 0 aliphatic rings. The molecule has 1 amide bonds. The van der Waals surface area contributed by atoms with Gasteiger partial charge in [-0.3, -0.25) is 4.79 Å². The molecule has 1 heterocycles. The van der Waals surface area contributed by atoms with Crippen molar-refractivity contribution in [2.75, 3.05) is 5.32 Å². The summed E-state index contributed by atoms with van der Waals surface area (Å²) in [5.41, 5.74) is 0.457. The van der Waals surface area contributed by atoms with E-state index in [1.165, 1.54) is 24.0 Å². The van der Waals surface area contributed by atoms with E-state index in [0.717, 1.165) is 12.1 Å². The van der Waals surface area contributed by atoms with Crippen LogP contribution in [0.15, 0.2) is 24.4 Å². The lowest BCUT2D eigenvalue weighted by Crippen LogP contribution is -2.09. The first kappa shape index (κ1) is 14.8. The van der Waals surface area contributed by atoms with E-state index in [0.29, 0.717) is 5.56 Å². The van der Waals surface area contributed by atoms with Gasteiger partial charge in [-0.05, 0) is 17.7 Å². The van der Waals surface area contributed by atoms with Gasteiger partial charge in [0.05, 0.1) is 12.7 Å². The van der Waals surface area contributed by atoms with Crippen LogP contribution in [-0.4, -0.2) is 27.5 Å². The molecule has 6 nitrogen and oxygen atoms in total. The summed E-state index contributed by atoms with van der Waals surface area (Å²) in [7, 11) is 0. The van der Waals surface area contributed by atoms with Gasteiger partial charge in [-0.1, -0.05) is 6.07 Å². The predicted molar refractivity (Wildman–Crippen MR) is 66.5 cm³/mol. The molecule has 0 spiro atoms. The molecule has 0 atom stereocenters. The van der Waals surface area contributed by atoms with Crippen LogP contribution in [0.5, 0.6) is 5.75 Å². The summed E-state index contributed by atoms with van der Waals surface area (Å²) >= 11 is 0. The maximum atomic E-state index is 13.5. The average molecular weight is 300 g/mol. The Bertz CT molecular complexity index is 645. The molecule has 0 saturated carbocycles. The lowest BCUT2D eigenvalue weighted by atomic mass is 10.2. The Labute approximate surface area is 117 Å². The Morgan fingerprint density at radius 3 is 2.86 bits per heavy atom. The third-order valence-corrected chi connectivity index (χ3v) is 2.38. The zero-order valence-corrected chi connectivity index (χ0v) is 10.9. The first-order valence-electron chi connectivity index (χ1n) is 5.85. The highest BCUT2D eigenvalue weighted by molar-refractivity contribution is 5.87. The summed E-state index contributed by atoms with van der Waals surface area (Å²) < 4.78 is 41.5. The SMILES string of the molecule is CC(=O)Nc1cnn(Cc2ccc(OC(F)F)c(F)c2)n1. The maximum Gasteiger partial charge on any atom is 0.387 e. The Morgan fingerprint density at radius 2 is 2.24 bits per heavy atom. The van der Waals surface area contributed by atoms with Crippen LogP contribution < -0.4 is 10.1 Å². The van der Waals surface area contributed by atoms with Gasteiger partial charge in [-0.2, -0.15) is 18.7 Å². The van der Waals surface area contributed by atoms with E-state index >= 15 is 0 Å². The normalized spacial score (nSPS) is 10.7. The number of amides is 1. The lowest BCUT2D eigenvalue weighted by Gasteiger charge is -2.07. The van der Waals surface area contributed by atoms with Crippen molar-refractivity contribution in [1.82, 2.24) is 15.0 Å². The van der Waals surface area contributed by atoms with Gasteiger partial charge in [0, 0.05) is 6.92 Å². The van der Waals surface area contributed by atoms with Crippen molar-refractivity contribution in [3.8, 4) is 5.75 Å². The number of rotatable bonds is 5. The molecule has 0 aliphatic heterocycles. The second-order valence-electron chi connectivity index (χ2n) is 4.08. The number of nitrogens with zero attached hydrogens (tertiary/aromatic N) is 3. The van der Waals surface area contributed by atoms with E-state index in [2.05, 4.69) is 20.3 Å². The number of halogens is 3. The predicted octanol–water partition coefficient (Wildman–Crippen LogP) is 2.03. The van der Waals surface area contributed by atoms with E-state index < -0.39 is 18.2 Å². The fourth-order valence-electron chi connectivity index (χ4n) is 1.61. The average Bonchev–Trinajstić information content (AvgIpc) is 2.78. The summed E-state index contributed by atoms with van der Waals surface area (Å²) in [6, 6.07) is 3.58. The Hall–Kier alpha value is -2.58. The Kier molecular flexibility index (Phi) is 4.41. The molecule has 2 rings (SSSR count). The van der Waals surface area contributed by atoms with Crippen molar-refractivity contribution in [3.05, 3.63) is 35.8 Å². The van der Waals surface area contributed by atoms with Crippen LogP contribution in [0.2, 0.25) is 0 Å². The number of hydrogen-bond acceptors (Lipinski definition) is 4. The smallest absolute Gasteiger partial charge is 0.387 e. The van der Waals surface area contributed by atoms with Crippen molar-refractivity contribution < 1.29 is 22.7 Å². The van der Waals surface area contributed by atoms with Crippen LogP contribution in [0.3, 0.4) is 0 Å². The van der Waals surface area contributed by atoms with Crippen LogP contribution in [0, 0.1) is 5.82 Å². The monoisotopic (exact) mass is 300 g/mol. The van der Waals surface area contributed by atoms with Gasteiger partial charge in [0.25, 0.3) is 0 Å². The van der Waals surface area contributed by atoms with E-state index in [1.807, 2.05) is 0 Å². The van der Waals surface area contributed by atoms with Crippen molar-refractivity contribution >= 4 is 11.7 Å². The van der Waals surface area contributed by atoms with Crippen LogP contribution >= 0.6 is 0 Å². The highest BCUT2D eigenvalue weighted by atomic mass is 19.3. The van der Waals surface area contributed by atoms with Gasteiger partial charge in [-0.25, -0.2) is 4.39 Å². The summed E-state index contributed by atoms with van der Waals surface area (Å²) in [4.78, 5) is 12.1. The molecule has 0 aliphatic carbocycles. The van der Waals surface area contributed by atoms with Crippen LogP contribution in [0.1, 0.15) is 12.5 Å². The lowest BCUT2D eigenvalue weighted by molar-refractivity contribution is -0.114. The minimum Gasteiger partial charge on any atom is -0.432 e. The Morgan fingerprint density at radius 1 is 1.48 bits per heavy atom. The fraction of sp³-hybridized carbons (Fsp3) is 0.250. The molecule has 2 aromatic rings. The van der Waals surface area contributed by atoms with Gasteiger partial charge >= 0.3 is 6.61 Å². The van der Waals surface area contributed by atoms with Gasteiger partial charge in [-0.15, -0.1) is 5.10 Å². The number of benzene rings is 1. The minimum atomic E-state index is -3.08. The topological polar surface area (TPSA) is 69.0 Å². The van der Waals surface area contributed by atoms with Crippen molar-refractivity contribution in [3.63, 3.8) is 0 Å². The van der Waals surface area contributed by atoms with E-state index in [-0.39, 0.29) is 18.3 Å². The van der Waals surface area contributed by atoms with E-state index in [1.54, 1.807) is 0 Å². The number of hydrogen-bond donors (Lipinski definition) is 1. The van der Waals surface area contributed by atoms with Crippen LogP contribution in [0.4, 0.5) is 19.0 Å². The molecule has 0 fully saturated rings.